The predicted molar refractivity (Wildman–Crippen MR) is 92.7 cm³/mol. The van der Waals surface area contributed by atoms with Crippen molar-refractivity contribution >= 4 is 53.4 Å². The SMILES string of the molecule is C#Cc1c2ccc(Br)cc2c(C#C)c2ccc(Br)cc12. The van der Waals surface area contributed by atoms with E-state index >= 15 is 0 Å². The van der Waals surface area contributed by atoms with Crippen molar-refractivity contribution in [2.75, 3.05) is 0 Å². The van der Waals surface area contributed by atoms with Crippen LogP contribution in [0.5, 0.6) is 0 Å². The van der Waals surface area contributed by atoms with E-state index in [4.69, 9.17) is 12.8 Å². The summed E-state index contributed by atoms with van der Waals surface area (Å²) < 4.78 is 1.97. The highest BCUT2D eigenvalue weighted by Gasteiger charge is 2.12. The van der Waals surface area contributed by atoms with Gasteiger partial charge < -0.3 is 0 Å². The van der Waals surface area contributed by atoms with Crippen molar-refractivity contribution in [2.24, 2.45) is 0 Å². The maximum absolute atomic E-state index is 5.73. The van der Waals surface area contributed by atoms with Gasteiger partial charge in [-0.2, -0.15) is 0 Å². The van der Waals surface area contributed by atoms with Crippen molar-refractivity contribution in [1.29, 1.82) is 0 Å². The van der Waals surface area contributed by atoms with E-state index < -0.39 is 0 Å². The van der Waals surface area contributed by atoms with Gasteiger partial charge in [0.1, 0.15) is 0 Å². The first-order chi connectivity index (χ1) is 9.65. The van der Waals surface area contributed by atoms with Crippen LogP contribution < -0.4 is 0 Å². The molecular formula is C18H8Br2. The first-order valence-corrected chi connectivity index (χ1v) is 7.52. The van der Waals surface area contributed by atoms with E-state index in [1.54, 1.807) is 0 Å². The fourth-order valence-electron chi connectivity index (χ4n) is 2.48. The molecule has 94 valence electrons. The first-order valence-electron chi connectivity index (χ1n) is 5.93. The molecule has 0 nitrogen and oxygen atoms in total. The monoisotopic (exact) mass is 382 g/mol. The second-order valence-electron chi connectivity index (χ2n) is 4.42. The molecule has 0 amide bonds. The smallest absolute Gasteiger partial charge is 0.0400 e. The second-order valence-corrected chi connectivity index (χ2v) is 6.25. The van der Waals surface area contributed by atoms with Gasteiger partial charge in [-0.15, -0.1) is 12.8 Å². The Balaban J connectivity index is 2.69. The fourth-order valence-corrected chi connectivity index (χ4v) is 3.21. The van der Waals surface area contributed by atoms with E-state index in [0.29, 0.717) is 0 Å². The van der Waals surface area contributed by atoms with Crippen molar-refractivity contribution in [2.45, 2.75) is 0 Å². The van der Waals surface area contributed by atoms with Gasteiger partial charge in [0, 0.05) is 30.8 Å². The molecule has 0 aromatic heterocycles. The summed E-state index contributed by atoms with van der Waals surface area (Å²) >= 11 is 6.98. The summed E-state index contributed by atoms with van der Waals surface area (Å²) in [7, 11) is 0. The van der Waals surface area contributed by atoms with Gasteiger partial charge in [0.15, 0.2) is 0 Å². The number of hydrogen-bond donors (Lipinski definition) is 0. The van der Waals surface area contributed by atoms with Crippen LogP contribution in [-0.2, 0) is 0 Å². The molecule has 0 bridgehead atoms. The lowest BCUT2D eigenvalue weighted by Gasteiger charge is -2.11. The largest absolute Gasteiger partial charge is 0.115 e. The average molecular weight is 384 g/mol. The van der Waals surface area contributed by atoms with E-state index in [1.807, 2.05) is 36.4 Å². The third-order valence-corrected chi connectivity index (χ3v) is 4.32. The molecule has 0 atom stereocenters. The fraction of sp³-hybridized carbons (Fsp3) is 0. The van der Waals surface area contributed by atoms with Gasteiger partial charge >= 0.3 is 0 Å². The minimum atomic E-state index is 0.878. The molecular weight excluding hydrogens is 376 g/mol. The van der Waals surface area contributed by atoms with Crippen LogP contribution in [0.3, 0.4) is 0 Å². The molecule has 0 N–H and O–H groups in total. The zero-order valence-electron chi connectivity index (χ0n) is 10.4. The topological polar surface area (TPSA) is 0 Å². The second kappa shape index (κ2) is 4.98. The van der Waals surface area contributed by atoms with Gasteiger partial charge in [-0.3, -0.25) is 0 Å². The Morgan fingerprint density at radius 2 is 1.05 bits per heavy atom. The summed E-state index contributed by atoms with van der Waals surface area (Å²) in [4.78, 5) is 0. The summed E-state index contributed by atoms with van der Waals surface area (Å²) in [5.41, 5.74) is 1.76. The highest BCUT2D eigenvalue weighted by molar-refractivity contribution is 9.10. The van der Waals surface area contributed by atoms with Crippen molar-refractivity contribution in [1.82, 2.24) is 0 Å². The molecule has 0 aliphatic heterocycles. The third-order valence-electron chi connectivity index (χ3n) is 3.33. The van der Waals surface area contributed by atoms with Crippen LogP contribution in [0.4, 0.5) is 0 Å². The Morgan fingerprint density at radius 3 is 1.40 bits per heavy atom. The summed E-state index contributed by atoms with van der Waals surface area (Å²) in [6.07, 6.45) is 11.5. The van der Waals surface area contributed by atoms with E-state index in [0.717, 1.165) is 41.6 Å². The lowest BCUT2D eigenvalue weighted by molar-refractivity contribution is 1.66. The van der Waals surface area contributed by atoms with Gasteiger partial charge in [0.25, 0.3) is 0 Å². The van der Waals surface area contributed by atoms with E-state index in [9.17, 15) is 0 Å². The summed E-state index contributed by atoms with van der Waals surface area (Å²) in [6, 6.07) is 12.0. The Hall–Kier alpha value is -1.74. The Morgan fingerprint density at radius 1 is 0.650 bits per heavy atom. The number of benzene rings is 3. The molecule has 0 fully saturated rings. The molecule has 0 unspecified atom stereocenters. The van der Waals surface area contributed by atoms with Crippen LogP contribution in [-0.4, -0.2) is 0 Å². The first kappa shape index (κ1) is 13.3. The number of terminal acetylenes is 2. The molecule has 0 radical (unpaired) electrons. The Labute approximate surface area is 134 Å². The van der Waals surface area contributed by atoms with Crippen molar-refractivity contribution < 1.29 is 0 Å². The molecule has 3 rings (SSSR count). The van der Waals surface area contributed by atoms with Gasteiger partial charge in [0.2, 0.25) is 0 Å². The van der Waals surface area contributed by atoms with Gasteiger partial charge in [-0.25, -0.2) is 0 Å². The highest BCUT2D eigenvalue weighted by Crippen LogP contribution is 2.35. The van der Waals surface area contributed by atoms with Crippen LogP contribution in [0, 0.1) is 24.7 Å². The van der Waals surface area contributed by atoms with Crippen LogP contribution in [0.25, 0.3) is 21.5 Å². The summed E-state index contributed by atoms with van der Waals surface area (Å²) in [5, 5.41) is 4.03. The summed E-state index contributed by atoms with van der Waals surface area (Å²) in [5.74, 6) is 5.61. The Kier molecular flexibility index (Phi) is 3.30. The van der Waals surface area contributed by atoms with E-state index in [-0.39, 0.29) is 0 Å². The lowest BCUT2D eigenvalue weighted by Crippen LogP contribution is -1.90. The zero-order valence-corrected chi connectivity index (χ0v) is 13.5. The normalized spacial score (nSPS) is 10.4. The molecule has 3 aromatic carbocycles. The highest BCUT2D eigenvalue weighted by atomic mass is 79.9. The predicted octanol–water partition coefficient (Wildman–Crippen LogP) is 5.48. The average Bonchev–Trinajstić information content (AvgIpc) is 2.44. The third kappa shape index (κ3) is 1.93. The maximum Gasteiger partial charge on any atom is 0.0400 e. The number of hydrogen-bond acceptors (Lipinski definition) is 0. The molecule has 0 saturated carbocycles. The van der Waals surface area contributed by atoms with Crippen LogP contribution in [0.15, 0.2) is 45.3 Å². The molecule has 0 spiro atoms. The van der Waals surface area contributed by atoms with Crippen LogP contribution in [0.2, 0.25) is 0 Å². The minimum absolute atomic E-state index is 0.878. The van der Waals surface area contributed by atoms with E-state index in [2.05, 4.69) is 43.7 Å². The van der Waals surface area contributed by atoms with Gasteiger partial charge in [-0.1, -0.05) is 55.8 Å². The lowest BCUT2D eigenvalue weighted by atomic mass is 9.92. The van der Waals surface area contributed by atoms with Crippen molar-refractivity contribution in [3.8, 4) is 24.7 Å². The maximum atomic E-state index is 5.73. The Bertz CT molecular complexity index is 858. The standard InChI is InChI=1S/C18H8Br2/c1-3-13-15-7-5-12(20)10-18(15)14(4-2)16-8-6-11(19)9-17(13)16/h1-2,5-10H. The van der Waals surface area contributed by atoms with Gasteiger partial charge in [-0.05, 0) is 35.0 Å². The molecule has 0 aliphatic carbocycles. The zero-order chi connectivity index (χ0) is 14.3. The molecule has 0 saturated heterocycles. The van der Waals surface area contributed by atoms with Crippen molar-refractivity contribution in [3.63, 3.8) is 0 Å². The minimum Gasteiger partial charge on any atom is -0.115 e. The van der Waals surface area contributed by atoms with Crippen molar-refractivity contribution in [3.05, 3.63) is 56.5 Å². The molecule has 0 heterocycles. The number of halogens is 2. The van der Waals surface area contributed by atoms with Crippen LogP contribution in [0.1, 0.15) is 11.1 Å². The number of fused-ring (bicyclic) bond motifs is 2. The molecule has 2 heteroatoms. The van der Waals surface area contributed by atoms with Crippen LogP contribution >= 0.6 is 31.9 Å². The van der Waals surface area contributed by atoms with E-state index in [1.165, 1.54) is 0 Å². The molecule has 0 aliphatic rings. The molecule has 3 aromatic rings. The number of rotatable bonds is 0. The molecule has 20 heavy (non-hydrogen) atoms. The quantitative estimate of drug-likeness (QED) is 0.356. The van der Waals surface area contributed by atoms with Gasteiger partial charge in [0.05, 0.1) is 0 Å². The summed E-state index contributed by atoms with van der Waals surface area (Å²) in [6.45, 7) is 0.